The van der Waals surface area contributed by atoms with E-state index in [1.54, 1.807) is 11.8 Å². The number of nitrogens with one attached hydrogen (secondary N) is 1. The number of anilines is 1. The van der Waals surface area contributed by atoms with Crippen molar-refractivity contribution in [2.24, 2.45) is 0 Å². The largest absolute Gasteiger partial charge is 0.378 e. The van der Waals surface area contributed by atoms with Gasteiger partial charge >= 0.3 is 0 Å². The maximum Gasteiger partial charge on any atom is 0.194 e. The van der Waals surface area contributed by atoms with Crippen molar-refractivity contribution in [3.05, 3.63) is 58.4 Å². The number of thioether (sulfide) groups is 1. The number of benzene rings is 2. The highest BCUT2D eigenvalue weighted by Gasteiger charge is 2.22. The third-order valence-electron chi connectivity index (χ3n) is 3.34. The summed E-state index contributed by atoms with van der Waals surface area (Å²) in [6, 6.07) is 7.41. The molecule has 2 aromatic rings. The minimum Gasteiger partial charge on any atom is -0.378 e. The molecule has 0 saturated carbocycles. The molecule has 1 N–H and O–H groups in total. The van der Waals surface area contributed by atoms with Crippen LogP contribution in [-0.2, 0) is 0 Å². The maximum absolute atomic E-state index is 13.3. The molecular formula is C15H11ClF3NS. The van der Waals surface area contributed by atoms with E-state index < -0.39 is 17.5 Å². The van der Waals surface area contributed by atoms with Crippen LogP contribution in [-0.4, -0.2) is 5.75 Å². The van der Waals surface area contributed by atoms with Crippen LogP contribution in [0.3, 0.4) is 0 Å². The summed E-state index contributed by atoms with van der Waals surface area (Å²) in [5.41, 5.74) is 1.21. The average molecular weight is 330 g/mol. The van der Waals surface area contributed by atoms with Gasteiger partial charge in [-0.15, -0.1) is 11.8 Å². The second kappa shape index (κ2) is 5.81. The zero-order chi connectivity index (χ0) is 15.0. The summed E-state index contributed by atoms with van der Waals surface area (Å²) in [6.07, 6.45) is 0.790. The summed E-state index contributed by atoms with van der Waals surface area (Å²) in [4.78, 5) is 1.09. The van der Waals surface area contributed by atoms with Gasteiger partial charge in [0.05, 0.1) is 6.04 Å². The molecule has 21 heavy (non-hydrogen) atoms. The molecule has 110 valence electrons. The summed E-state index contributed by atoms with van der Waals surface area (Å²) >= 11 is 7.72. The van der Waals surface area contributed by atoms with Crippen molar-refractivity contribution in [2.75, 3.05) is 11.1 Å². The van der Waals surface area contributed by atoms with Crippen LogP contribution in [0.4, 0.5) is 18.9 Å². The van der Waals surface area contributed by atoms with E-state index >= 15 is 0 Å². The van der Waals surface area contributed by atoms with Gasteiger partial charge in [0.1, 0.15) is 0 Å². The summed E-state index contributed by atoms with van der Waals surface area (Å²) in [7, 11) is 0. The SMILES string of the molecule is Fc1cc(NC2CCSc3ccc(Cl)cc32)cc(F)c1F. The molecule has 1 aliphatic heterocycles. The van der Waals surface area contributed by atoms with Gasteiger partial charge in [0.15, 0.2) is 17.5 Å². The molecule has 0 saturated heterocycles. The Balaban J connectivity index is 1.92. The van der Waals surface area contributed by atoms with E-state index in [1.165, 1.54) is 0 Å². The van der Waals surface area contributed by atoms with Gasteiger partial charge < -0.3 is 5.32 Å². The minimum absolute atomic E-state index is 0.107. The average Bonchev–Trinajstić information content (AvgIpc) is 2.45. The summed E-state index contributed by atoms with van der Waals surface area (Å²) in [5, 5.41) is 3.67. The highest BCUT2D eigenvalue weighted by molar-refractivity contribution is 7.99. The zero-order valence-corrected chi connectivity index (χ0v) is 12.4. The monoisotopic (exact) mass is 329 g/mol. The molecule has 1 aliphatic rings. The molecule has 0 aromatic heterocycles. The van der Waals surface area contributed by atoms with Gasteiger partial charge in [-0.05, 0) is 30.2 Å². The second-order valence-corrected chi connectivity index (χ2v) is 6.34. The highest BCUT2D eigenvalue weighted by atomic mass is 35.5. The van der Waals surface area contributed by atoms with Gasteiger partial charge in [0, 0.05) is 33.5 Å². The van der Waals surface area contributed by atoms with E-state index in [9.17, 15) is 13.2 Å². The standard InChI is InChI=1S/C15H11ClF3NS/c16-8-1-2-14-10(5-8)13(3-4-21-14)20-9-6-11(17)15(19)12(18)7-9/h1-2,5-7,13,20H,3-4H2. The fraction of sp³-hybridized carbons (Fsp3) is 0.200. The van der Waals surface area contributed by atoms with E-state index in [4.69, 9.17) is 11.6 Å². The van der Waals surface area contributed by atoms with E-state index in [1.807, 2.05) is 18.2 Å². The van der Waals surface area contributed by atoms with E-state index in [2.05, 4.69) is 5.32 Å². The van der Waals surface area contributed by atoms with Gasteiger partial charge in [-0.25, -0.2) is 13.2 Å². The zero-order valence-electron chi connectivity index (χ0n) is 10.8. The van der Waals surface area contributed by atoms with Crippen LogP contribution in [0.5, 0.6) is 0 Å². The molecule has 0 amide bonds. The van der Waals surface area contributed by atoms with Crippen molar-refractivity contribution in [1.82, 2.24) is 0 Å². The topological polar surface area (TPSA) is 12.0 Å². The van der Waals surface area contributed by atoms with E-state index in [0.29, 0.717) is 5.02 Å². The van der Waals surface area contributed by atoms with Crippen molar-refractivity contribution < 1.29 is 13.2 Å². The van der Waals surface area contributed by atoms with Gasteiger partial charge in [-0.1, -0.05) is 11.6 Å². The predicted octanol–water partition coefficient (Wildman–Crippen LogP) is 5.41. The lowest BCUT2D eigenvalue weighted by molar-refractivity contribution is 0.447. The molecule has 1 unspecified atom stereocenters. The third-order valence-corrected chi connectivity index (χ3v) is 4.69. The Morgan fingerprint density at radius 3 is 2.52 bits per heavy atom. The first-order valence-electron chi connectivity index (χ1n) is 6.38. The Labute approximate surface area is 129 Å². The summed E-state index contributed by atoms with van der Waals surface area (Å²) in [6.45, 7) is 0. The molecule has 1 heterocycles. The van der Waals surface area contributed by atoms with Crippen molar-refractivity contribution in [3.63, 3.8) is 0 Å². The molecule has 0 bridgehead atoms. The molecular weight excluding hydrogens is 319 g/mol. The smallest absolute Gasteiger partial charge is 0.194 e. The quantitative estimate of drug-likeness (QED) is 0.740. The van der Waals surface area contributed by atoms with Gasteiger partial charge in [0.2, 0.25) is 0 Å². The van der Waals surface area contributed by atoms with Crippen LogP contribution >= 0.6 is 23.4 Å². The first-order valence-corrected chi connectivity index (χ1v) is 7.74. The number of hydrogen-bond donors (Lipinski definition) is 1. The maximum atomic E-state index is 13.3. The minimum atomic E-state index is -1.46. The normalized spacial score (nSPS) is 17.4. The molecule has 0 spiro atoms. The highest BCUT2D eigenvalue weighted by Crippen LogP contribution is 2.39. The molecule has 1 atom stereocenters. The molecule has 2 aromatic carbocycles. The fourth-order valence-corrected chi connectivity index (χ4v) is 3.64. The van der Waals surface area contributed by atoms with Crippen LogP contribution in [0.2, 0.25) is 5.02 Å². The lowest BCUT2D eigenvalue weighted by Crippen LogP contribution is -2.16. The van der Waals surface area contributed by atoms with Crippen molar-refractivity contribution >= 4 is 29.1 Å². The van der Waals surface area contributed by atoms with Crippen LogP contribution in [0, 0.1) is 17.5 Å². The Hall–Kier alpha value is -1.33. The number of rotatable bonds is 2. The lowest BCUT2D eigenvalue weighted by Gasteiger charge is -2.27. The fourth-order valence-electron chi connectivity index (χ4n) is 2.36. The lowest BCUT2D eigenvalue weighted by atomic mass is 10.0. The Morgan fingerprint density at radius 2 is 1.81 bits per heavy atom. The molecule has 6 heteroatoms. The van der Waals surface area contributed by atoms with E-state index in [-0.39, 0.29) is 11.7 Å². The van der Waals surface area contributed by atoms with Crippen molar-refractivity contribution in [1.29, 1.82) is 0 Å². The molecule has 0 aliphatic carbocycles. The third kappa shape index (κ3) is 2.99. The Kier molecular flexibility index (Phi) is 4.04. The second-order valence-electron chi connectivity index (χ2n) is 4.77. The molecule has 1 nitrogen and oxygen atoms in total. The van der Waals surface area contributed by atoms with Gasteiger partial charge in [-0.2, -0.15) is 0 Å². The molecule has 0 radical (unpaired) electrons. The molecule has 0 fully saturated rings. The number of hydrogen-bond acceptors (Lipinski definition) is 2. The van der Waals surface area contributed by atoms with E-state index in [0.717, 1.165) is 34.8 Å². The van der Waals surface area contributed by atoms with Crippen molar-refractivity contribution in [2.45, 2.75) is 17.4 Å². The summed E-state index contributed by atoms with van der Waals surface area (Å²) in [5.74, 6) is -2.97. The van der Waals surface area contributed by atoms with Crippen molar-refractivity contribution in [3.8, 4) is 0 Å². The number of fused-ring (bicyclic) bond motifs is 1. The Bertz CT molecular complexity index is 670. The van der Waals surface area contributed by atoms with Gasteiger partial charge in [0.25, 0.3) is 0 Å². The predicted molar refractivity (Wildman–Crippen MR) is 79.5 cm³/mol. The summed E-state index contributed by atoms with van der Waals surface area (Å²) < 4.78 is 39.5. The van der Waals surface area contributed by atoms with Crippen LogP contribution in [0.1, 0.15) is 18.0 Å². The first-order chi connectivity index (χ1) is 10.0. The van der Waals surface area contributed by atoms with Crippen LogP contribution in [0.25, 0.3) is 0 Å². The first kappa shape index (κ1) is 14.6. The van der Waals surface area contributed by atoms with Crippen LogP contribution in [0.15, 0.2) is 35.2 Å². The molecule has 3 rings (SSSR count). The Morgan fingerprint density at radius 1 is 1.10 bits per heavy atom. The number of halogens is 4. The van der Waals surface area contributed by atoms with Gasteiger partial charge in [-0.3, -0.25) is 0 Å². The van der Waals surface area contributed by atoms with Crippen LogP contribution < -0.4 is 5.32 Å².